The summed E-state index contributed by atoms with van der Waals surface area (Å²) in [5, 5.41) is 0. The van der Waals surface area contributed by atoms with Crippen LogP contribution in [0.4, 0.5) is 0 Å². The first-order valence-electron chi connectivity index (χ1n) is 9.96. The summed E-state index contributed by atoms with van der Waals surface area (Å²) in [5.41, 5.74) is 0.342. The van der Waals surface area contributed by atoms with Crippen molar-refractivity contribution in [2.75, 3.05) is 0 Å². The molecule has 0 radical (unpaired) electrons. The Morgan fingerprint density at radius 3 is 1.79 bits per heavy atom. The van der Waals surface area contributed by atoms with Gasteiger partial charge in [0, 0.05) is 6.42 Å². The summed E-state index contributed by atoms with van der Waals surface area (Å²) < 4.78 is 11.8. The van der Waals surface area contributed by atoms with Gasteiger partial charge in [-0.2, -0.15) is 0 Å². The van der Waals surface area contributed by atoms with Crippen molar-refractivity contribution in [3.63, 3.8) is 0 Å². The lowest BCUT2D eigenvalue weighted by molar-refractivity contribution is -0.0750. The molecular formula is C24H30O4. The van der Waals surface area contributed by atoms with Crippen LogP contribution in [0.5, 0.6) is 0 Å². The molecule has 2 rings (SSSR count). The fourth-order valence-corrected chi connectivity index (χ4v) is 3.29. The van der Waals surface area contributed by atoms with E-state index < -0.39 is 5.60 Å². The summed E-state index contributed by atoms with van der Waals surface area (Å²) >= 11 is 0. The van der Waals surface area contributed by atoms with E-state index in [9.17, 15) is 9.59 Å². The van der Waals surface area contributed by atoms with Gasteiger partial charge in [-0.25, -0.2) is 9.59 Å². The molecule has 0 bridgehead atoms. The maximum absolute atomic E-state index is 12.7. The minimum absolute atomic E-state index is 0.0784. The molecule has 0 spiro atoms. The van der Waals surface area contributed by atoms with Gasteiger partial charge in [-0.3, -0.25) is 0 Å². The van der Waals surface area contributed by atoms with Crippen LogP contribution in [0.3, 0.4) is 0 Å². The quantitative estimate of drug-likeness (QED) is 0.524. The van der Waals surface area contributed by atoms with Crippen molar-refractivity contribution in [2.45, 2.75) is 58.7 Å². The molecule has 2 unspecified atom stereocenters. The Kier molecular flexibility index (Phi) is 7.80. The molecule has 4 heteroatoms. The van der Waals surface area contributed by atoms with Gasteiger partial charge in [-0.05, 0) is 43.0 Å². The van der Waals surface area contributed by atoms with Gasteiger partial charge >= 0.3 is 11.9 Å². The molecule has 2 aromatic carbocycles. The van der Waals surface area contributed by atoms with Crippen molar-refractivity contribution in [3.8, 4) is 0 Å². The number of hydrogen-bond acceptors (Lipinski definition) is 4. The molecule has 0 aliphatic carbocycles. The molecule has 28 heavy (non-hydrogen) atoms. The molecule has 150 valence electrons. The van der Waals surface area contributed by atoms with Crippen molar-refractivity contribution in [3.05, 3.63) is 71.8 Å². The average Bonchev–Trinajstić information content (AvgIpc) is 2.73. The maximum atomic E-state index is 12.7. The van der Waals surface area contributed by atoms with Crippen LogP contribution in [0, 0.1) is 5.92 Å². The second-order valence-electron chi connectivity index (χ2n) is 7.33. The highest BCUT2D eigenvalue weighted by atomic mass is 16.6. The van der Waals surface area contributed by atoms with Gasteiger partial charge < -0.3 is 9.47 Å². The standard InChI is InChI=1S/C24H30O4/c1-5-21(27-22(25)19-13-9-7-10-14-19)17-24(6-2,18(3)4)28-23(26)20-15-11-8-12-16-20/h7-16,18,21H,5-6,17H2,1-4H3. The molecule has 0 aromatic heterocycles. The normalized spacial score (nSPS) is 14.2. The van der Waals surface area contributed by atoms with E-state index >= 15 is 0 Å². The topological polar surface area (TPSA) is 52.6 Å². The number of hydrogen-bond donors (Lipinski definition) is 0. The molecular weight excluding hydrogens is 352 g/mol. The molecule has 0 aliphatic rings. The van der Waals surface area contributed by atoms with Crippen molar-refractivity contribution >= 4 is 11.9 Å². The van der Waals surface area contributed by atoms with Crippen molar-refractivity contribution in [1.82, 2.24) is 0 Å². The first-order valence-corrected chi connectivity index (χ1v) is 9.96. The molecule has 0 heterocycles. The van der Waals surface area contributed by atoms with Crippen LogP contribution in [0.15, 0.2) is 60.7 Å². The van der Waals surface area contributed by atoms with Gasteiger partial charge in [0.05, 0.1) is 11.1 Å². The number of carbonyl (C=O) groups excluding carboxylic acids is 2. The summed E-state index contributed by atoms with van der Waals surface area (Å²) in [6, 6.07) is 17.9. The van der Waals surface area contributed by atoms with E-state index in [-0.39, 0.29) is 24.0 Å². The van der Waals surface area contributed by atoms with E-state index in [0.717, 1.165) is 0 Å². The van der Waals surface area contributed by atoms with Gasteiger partial charge in [-0.15, -0.1) is 0 Å². The van der Waals surface area contributed by atoms with Gasteiger partial charge in [0.15, 0.2) is 0 Å². The second kappa shape index (κ2) is 10.1. The second-order valence-corrected chi connectivity index (χ2v) is 7.33. The van der Waals surface area contributed by atoms with E-state index in [1.807, 2.05) is 64.1 Å². The molecule has 2 aromatic rings. The largest absolute Gasteiger partial charge is 0.459 e. The molecule has 0 aliphatic heterocycles. The summed E-state index contributed by atoms with van der Waals surface area (Å²) in [5.74, 6) is -0.620. The molecule has 0 amide bonds. The molecule has 0 saturated carbocycles. The highest BCUT2D eigenvalue weighted by molar-refractivity contribution is 5.90. The SMILES string of the molecule is CCC(CC(CC)(OC(=O)c1ccccc1)C(C)C)OC(=O)c1ccccc1. The summed E-state index contributed by atoms with van der Waals surface area (Å²) in [4.78, 5) is 25.2. The van der Waals surface area contributed by atoms with Crippen LogP contribution < -0.4 is 0 Å². The number of benzene rings is 2. The fraction of sp³-hybridized carbons (Fsp3) is 0.417. The lowest BCUT2D eigenvalue weighted by Gasteiger charge is -2.38. The molecule has 0 N–H and O–H groups in total. The van der Waals surface area contributed by atoms with Crippen LogP contribution in [0.1, 0.15) is 67.7 Å². The Bertz CT molecular complexity index is 755. The first kappa shape index (κ1) is 21.7. The third-order valence-electron chi connectivity index (χ3n) is 5.27. The van der Waals surface area contributed by atoms with E-state index in [1.54, 1.807) is 24.3 Å². The number of rotatable bonds is 9. The summed E-state index contributed by atoms with van der Waals surface area (Å²) in [7, 11) is 0. The third-order valence-corrected chi connectivity index (χ3v) is 5.27. The molecule has 2 atom stereocenters. The zero-order chi connectivity index (χ0) is 20.6. The van der Waals surface area contributed by atoms with Crippen molar-refractivity contribution < 1.29 is 19.1 Å². The lowest BCUT2D eigenvalue weighted by Crippen LogP contribution is -2.43. The zero-order valence-corrected chi connectivity index (χ0v) is 17.2. The Hall–Kier alpha value is -2.62. The van der Waals surface area contributed by atoms with Crippen LogP contribution in [0.2, 0.25) is 0 Å². The van der Waals surface area contributed by atoms with Crippen LogP contribution in [0.25, 0.3) is 0 Å². The van der Waals surface area contributed by atoms with Gasteiger partial charge in [-0.1, -0.05) is 64.1 Å². The Morgan fingerprint density at radius 1 is 0.857 bits per heavy atom. The van der Waals surface area contributed by atoms with Gasteiger partial charge in [0.25, 0.3) is 0 Å². The zero-order valence-electron chi connectivity index (χ0n) is 17.2. The van der Waals surface area contributed by atoms with Gasteiger partial charge in [0.2, 0.25) is 0 Å². The van der Waals surface area contributed by atoms with Crippen LogP contribution >= 0.6 is 0 Å². The van der Waals surface area contributed by atoms with E-state index in [2.05, 4.69) is 0 Å². The van der Waals surface area contributed by atoms with Crippen molar-refractivity contribution in [2.24, 2.45) is 5.92 Å². The maximum Gasteiger partial charge on any atom is 0.338 e. The Morgan fingerprint density at radius 2 is 1.36 bits per heavy atom. The highest BCUT2D eigenvalue weighted by Gasteiger charge is 2.39. The third kappa shape index (κ3) is 5.44. The molecule has 4 nitrogen and oxygen atoms in total. The van der Waals surface area contributed by atoms with Crippen molar-refractivity contribution in [1.29, 1.82) is 0 Å². The van der Waals surface area contributed by atoms with Gasteiger partial charge in [0.1, 0.15) is 11.7 Å². The predicted octanol–water partition coefficient (Wildman–Crippen LogP) is 5.67. The Labute approximate surface area is 167 Å². The average molecular weight is 383 g/mol. The summed E-state index contributed by atoms with van der Waals surface area (Å²) in [6.45, 7) is 8.05. The Balaban J connectivity index is 2.16. The number of carbonyl (C=O) groups is 2. The first-order chi connectivity index (χ1) is 13.4. The molecule has 0 fully saturated rings. The smallest absolute Gasteiger partial charge is 0.338 e. The molecule has 0 saturated heterocycles. The number of esters is 2. The highest BCUT2D eigenvalue weighted by Crippen LogP contribution is 2.34. The van der Waals surface area contributed by atoms with Crippen LogP contribution in [-0.2, 0) is 9.47 Å². The minimum Gasteiger partial charge on any atom is -0.459 e. The fourth-order valence-electron chi connectivity index (χ4n) is 3.29. The predicted molar refractivity (Wildman–Crippen MR) is 110 cm³/mol. The monoisotopic (exact) mass is 382 g/mol. The minimum atomic E-state index is -0.704. The van der Waals surface area contributed by atoms with Crippen LogP contribution in [-0.4, -0.2) is 23.6 Å². The van der Waals surface area contributed by atoms with E-state index in [0.29, 0.717) is 30.4 Å². The summed E-state index contributed by atoms with van der Waals surface area (Å²) in [6.07, 6.45) is 1.42. The van der Waals surface area contributed by atoms with E-state index in [4.69, 9.17) is 9.47 Å². The lowest BCUT2D eigenvalue weighted by atomic mass is 9.81. The van der Waals surface area contributed by atoms with E-state index in [1.165, 1.54) is 0 Å². The number of ether oxygens (including phenoxy) is 2.